The van der Waals surface area contributed by atoms with Gasteiger partial charge in [-0.2, -0.15) is 0 Å². The van der Waals surface area contributed by atoms with Crippen LogP contribution < -0.4 is 4.72 Å². The Bertz CT molecular complexity index is 735. The highest BCUT2D eigenvalue weighted by molar-refractivity contribution is 9.10. The maximum atomic E-state index is 12.3. The summed E-state index contributed by atoms with van der Waals surface area (Å²) in [7, 11) is -3.72. The van der Waals surface area contributed by atoms with Gasteiger partial charge in [-0.25, -0.2) is 13.4 Å². The number of aromatic nitrogens is 1. The van der Waals surface area contributed by atoms with E-state index in [9.17, 15) is 8.42 Å². The third-order valence-corrected chi connectivity index (χ3v) is 5.27. The fourth-order valence-electron chi connectivity index (χ4n) is 1.67. The van der Waals surface area contributed by atoms with Crippen LogP contribution in [0, 0.1) is 0 Å². The molecule has 7 heteroatoms. The molecule has 0 aliphatic heterocycles. The van der Waals surface area contributed by atoms with Crippen molar-refractivity contribution >= 4 is 43.2 Å². The number of nitrogens with zero attached hydrogens (tertiary/aromatic N) is 1. The molecule has 2 rings (SSSR count). The quantitative estimate of drug-likeness (QED) is 0.826. The van der Waals surface area contributed by atoms with Crippen molar-refractivity contribution in [1.29, 1.82) is 0 Å². The summed E-state index contributed by atoms with van der Waals surface area (Å²) in [4.78, 5) is 4.15. The number of benzene rings is 1. The van der Waals surface area contributed by atoms with Crippen molar-refractivity contribution in [1.82, 2.24) is 4.98 Å². The normalized spacial score (nSPS) is 11.3. The first-order valence-electron chi connectivity index (χ1n) is 5.86. The van der Waals surface area contributed by atoms with Crippen LogP contribution in [0.15, 0.2) is 46.0 Å². The van der Waals surface area contributed by atoms with Gasteiger partial charge >= 0.3 is 0 Å². The zero-order chi connectivity index (χ0) is 14.8. The second-order valence-corrected chi connectivity index (χ2v) is 6.87. The molecule has 0 saturated heterocycles. The van der Waals surface area contributed by atoms with Gasteiger partial charge in [0.25, 0.3) is 10.0 Å². The van der Waals surface area contributed by atoms with Crippen LogP contribution >= 0.6 is 27.5 Å². The SMILES string of the molecule is CCc1cc(NS(=O)(=O)c2ccccc2Cl)cnc1Br. The first-order chi connectivity index (χ1) is 9.44. The highest BCUT2D eigenvalue weighted by Gasteiger charge is 2.18. The lowest BCUT2D eigenvalue weighted by atomic mass is 10.2. The van der Waals surface area contributed by atoms with E-state index in [-0.39, 0.29) is 9.92 Å². The number of halogens is 2. The minimum absolute atomic E-state index is 0.0441. The van der Waals surface area contributed by atoms with Gasteiger partial charge in [-0.05, 0) is 46.1 Å². The Kier molecular flexibility index (Phi) is 4.67. The molecule has 1 aromatic heterocycles. The van der Waals surface area contributed by atoms with Crippen LogP contribution in [-0.2, 0) is 16.4 Å². The summed E-state index contributed by atoms with van der Waals surface area (Å²) in [6.07, 6.45) is 2.20. The van der Waals surface area contributed by atoms with Crippen molar-refractivity contribution in [3.63, 3.8) is 0 Å². The summed E-state index contributed by atoms with van der Waals surface area (Å²) < 4.78 is 27.7. The maximum absolute atomic E-state index is 12.3. The molecule has 1 heterocycles. The van der Waals surface area contributed by atoms with Crippen molar-refractivity contribution in [3.05, 3.63) is 51.7 Å². The Balaban J connectivity index is 2.36. The van der Waals surface area contributed by atoms with Crippen LogP contribution in [0.3, 0.4) is 0 Å². The van der Waals surface area contributed by atoms with Crippen LogP contribution in [0.4, 0.5) is 5.69 Å². The molecule has 0 bridgehead atoms. The molecule has 0 aliphatic carbocycles. The average molecular weight is 376 g/mol. The molecule has 0 unspecified atom stereocenters. The van der Waals surface area contributed by atoms with Crippen molar-refractivity contribution in [3.8, 4) is 0 Å². The van der Waals surface area contributed by atoms with Crippen LogP contribution in [-0.4, -0.2) is 13.4 Å². The zero-order valence-electron chi connectivity index (χ0n) is 10.6. The Morgan fingerprint density at radius 1 is 1.35 bits per heavy atom. The summed E-state index contributed by atoms with van der Waals surface area (Å²) >= 11 is 9.23. The van der Waals surface area contributed by atoms with Gasteiger partial charge in [0.05, 0.1) is 16.9 Å². The van der Waals surface area contributed by atoms with Gasteiger partial charge in [0, 0.05) is 0 Å². The molecule has 0 aliphatic rings. The number of pyridine rings is 1. The topological polar surface area (TPSA) is 59.1 Å². The molecule has 20 heavy (non-hydrogen) atoms. The van der Waals surface area contributed by atoms with Gasteiger partial charge in [0.2, 0.25) is 0 Å². The van der Waals surface area contributed by atoms with E-state index in [1.165, 1.54) is 18.3 Å². The fourth-order valence-corrected chi connectivity index (χ4v) is 3.72. The monoisotopic (exact) mass is 374 g/mol. The molecule has 1 aromatic carbocycles. The molecule has 0 atom stereocenters. The standard InChI is InChI=1S/C13H12BrClN2O2S/c1-2-9-7-10(8-16-13(9)14)17-20(18,19)12-6-4-3-5-11(12)15/h3-8,17H,2H2,1H3. The van der Waals surface area contributed by atoms with Crippen LogP contribution in [0.2, 0.25) is 5.02 Å². The number of sulfonamides is 1. The Hall–Kier alpha value is -1.11. The predicted molar refractivity (Wildman–Crippen MR) is 83.6 cm³/mol. The van der Waals surface area contributed by atoms with Gasteiger partial charge in [-0.3, -0.25) is 4.72 Å². The lowest BCUT2D eigenvalue weighted by molar-refractivity contribution is 0.601. The highest BCUT2D eigenvalue weighted by atomic mass is 79.9. The number of rotatable bonds is 4. The summed E-state index contributed by atoms with van der Waals surface area (Å²) in [5.41, 5.74) is 1.33. The molecule has 0 saturated carbocycles. The molecule has 4 nitrogen and oxygen atoms in total. The summed E-state index contributed by atoms with van der Waals surface area (Å²) in [6, 6.07) is 8.03. The van der Waals surface area contributed by atoms with E-state index in [0.717, 1.165) is 12.0 Å². The van der Waals surface area contributed by atoms with E-state index in [4.69, 9.17) is 11.6 Å². The lowest BCUT2D eigenvalue weighted by Crippen LogP contribution is -2.13. The third kappa shape index (κ3) is 3.31. The van der Waals surface area contributed by atoms with Crippen molar-refractivity contribution in [2.45, 2.75) is 18.2 Å². The minimum Gasteiger partial charge on any atom is -0.278 e. The van der Waals surface area contributed by atoms with Crippen LogP contribution in [0.1, 0.15) is 12.5 Å². The second kappa shape index (κ2) is 6.11. The van der Waals surface area contributed by atoms with Crippen molar-refractivity contribution in [2.24, 2.45) is 0 Å². The minimum atomic E-state index is -3.72. The summed E-state index contributed by atoms with van der Waals surface area (Å²) in [5.74, 6) is 0. The van der Waals surface area contributed by atoms with Crippen molar-refractivity contribution < 1.29 is 8.42 Å². The Labute approximate surface area is 131 Å². The summed E-state index contributed by atoms with van der Waals surface area (Å²) in [5, 5.41) is 0.181. The molecule has 2 aromatic rings. The largest absolute Gasteiger partial charge is 0.278 e. The molecule has 0 radical (unpaired) electrons. The Morgan fingerprint density at radius 3 is 2.70 bits per heavy atom. The van der Waals surface area contributed by atoms with E-state index in [2.05, 4.69) is 25.6 Å². The van der Waals surface area contributed by atoms with Crippen LogP contribution in [0.25, 0.3) is 0 Å². The molecular weight excluding hydrogens is 364 g/mol. The van der Waals surface area contributed by atoms with Crippen molar-refractivity contribution in [2.75, 3.05) is 4.72 Å². The van der Waals surface area contributed by atoms with Gasteiger partial charge in [-0.15, -0.1) is 0 Å². The molecule has 0 fully saturated rings. The molecule has 0 amide bonds. The van der Waals surface area contributed by atoms with Gasteiger partial charge in [0.15, 0.2) is 0 Å². The number of nitrogens with one attached hydrogen (secondary N) is 1. The van der Waals surface area contributed by atoms with E-state index in [1.54, 1.807) is 18.2 Å². The number of hydrogen-bond acceptors (Lipinski definition) is 3. The molecule has 1 N–H and O–H groups in total. The van der Waals surface area contributed by atoms with Gasteiger partial charge < -0.3 is 0 Å². The lowest BCUT2D eigenvalue weighted by Gasteiger charge is -2.10. The van der Waals surface area contributed by atoms with E-state index in [1.807, 2.05) is 6.92 Å². The summed E-state index contributed by atoms with van der Waals surface area (Å²) in [6.45, 7) is 1.97. The predicted octanol–water partition coefficient (Wildman–Crippen LogP) is 3.86. The Morgan fingerprint density at radius 2 is 2.05 bits per heavy atom. The smallest absolute Gasteiger partial charge is 0.263 e. The van der Waals surface area contributed by atoms with E-state index < -0.39 is 10.0 Å². The molecular formula is C13H12BrClN2O2S. The molecule has 106 valence electrons. The zero-order valence-corrected chi connectivity index (χ0v) is 13.8. The molecule has 0 spiro atoms. The first-order valence-corrected chi connectivity index (χ1v) is 8.51. The second-order valence-electron chi connectivity index (χ2n) is 4.06. The number of anilines is 1. The first kappa shape index (κ1) is 15.3. The van der Waals surface area contributed by atoms with Gasteiger partial charge in [0.1, 0.15) is 9.50 Å². The number of hydrogen-bond donors (Lipinski definition) is 1. The fraction of sp³-hybridized carbons (Fsp3) is 0.154. The van der Waals surface area contributed by atoms with E-state index in [0.29, 0.717) is 10.3 Å². The van der Waals surface area contributed by atoms with E-state index >= 15 is 0 Å². The highest BCUT2D eigenvalue weighted by Crippen LogP contribution is 2.24. The average Bonchev–Trinajstić information content (AvgIpc) is 2.41. The maximum Gasteiger partial charge on any atom is 0.263 e. The van der Waals surface area contributed by atoms with Gasteiger partial charge in [-0.1, -0.05) is 30.7 Å². The van der Waals surface area contributed by atoms with Crippen LogP contribution in [0.5, 0.6) is 0 Å². The number of aryl methyl sites for hydroxylation is 1. The third-order valence-electron chi connectivity index (χ3n) is 2.67.